The van der Waals surface area contributed by atoms with Crippen LogP contribution in [0.2, 0.25) is 0 Å². The number of hydrogen-bond acceptors (Lipinski definition) is 2. The molecule has 0 amide bonds. The van der Waals surface area contributed by atoms with Crippen molar-refractivity contribution in [1.29, 1.82) is 0 Å². The first kappa shape index (κ1) is 11.2. The van der Waals surface area contributed by atoms with Gasteiger partial charge < -0.3 is 9.84 Å². The van der Waals surface area contributed by atoms with Gasteiger partial charge in [-0.25, -0.2) is 0 Å². The average molecular weight is 194 g/mol. The number of aryl methyl sites for hydroxylation is 1. The maximum atomic E-state index is 8.86. The molecule has 0 fully saturated rings. The molecule has 14 heavy (non-hydrogen) atoms. The molecule has 0 spiro atoms. The lowest BCUT2D eigenvalue weighted by Gasteiger charge is -2.08. The third-order valence-corrected chi connectivity index (χ3v) is 2.45. The second kappa shape index (κ2) is 5.78. The second-order valence-electron chi connectivity index (χ2n) is 3.56. The molecule has 1 rings (SSSR count). The summed E-state index contributed by atoms with van der Waals surface area (Å²) in [5.41, 5.74) is 2.26. The molecular formula is C12H18O2. The van der Waals surface area contributed by atoms with Crippen molar-refractivity contribution in [2.24, 2.45) is 0 Å². The lowest BCUT2D eigenvalue weighted by molar-refractivity contribution is 0.111. The number of aliphatic hydroxyl groups is 1. The van der Waals surface area contributed by atoms with E-state index in [1.807, 2.05) is 12.1 Å². The molecule has 0 radical (unpaired) electrons. The van der Waals surface area contributed by atoms with Gasteiger partial charge in [0.15, 0.2) is 0 Å². The van der Waals surface area contributed by atoms with Crippen LogP contribution in [0.1, 0.15) is 24.5 Å². The Balaban J connectivity index is 2.43. The molecule has 2 heteroatoms. The highest BCUT2D eigenvalue weighted by Crippen LogP contribution is 2.08. The van der Waals surface area contributed by atoms with Gasteiger partial charge in [0.1, 0.15) is 0 Å². The molecule has 0 heterocycles. The molecule has 1 unspecified atom stereocenters. The van der Waals surface area contributed by atoms with Crippen LogP contribution >= 0.6 is 0 Å². The monoisotopic (exact) mass is 194 g/mol. The fourth-order valence-corrected chi connectivity index (χ4v) is 1.30. The van der Waals surface area contributed by atoms with Crippen LogP contribution in [0.15, 0.2) is 24.3 Å². The fourth-order valence-electron chi connectivity index (χ4n) is 1.30. The Morgan fingerprint density at radius 1 is 1.21 bits per heavy atom. The molecule has 0 saturated heterocycles. The topological polar surface area (TPSA) is 29.5 Å². The number of ether oxygens (including phenoxy) is 1. The molecule has 0 bridgehead atoms. The van der Waals surface area contributed by atoms with E-state index in [4.69, 9.17) is 9.84 Å². The van der Waals surface area contributed by atoms with Crippen molar-refractivity contribution in [3.63, 3.8) is 0 Å². The molecule has 0 aliphatic rings. The summed E-state index contributed by atoms with van der Waals surface area (Å²) in [6, 6.07) is 8.06. The molecule has 0 saturated carbocycles. The van der Waals surface area contributed by atoms with Gasteiger partial charge in [-0.05, 0) is 30.9 Å². The Labute approximate surface area is 85.5 Å². The van der Waals surface area contributed by atoms with Gasteiger partial charge in [-0.1, -0.05) is 24.3 Å². The van der Waals surface area contributed by atoms with Crippen LogP contribution in [-0.4, -0.2) is 18.3 Å². The summed E-state index contributed by atoms with van der Waals surface area (Å²) in [6.45, 7) is 2.19. The molecule has 1 N–H and O–H groups in total. The van der Waals surface area contributed by atoms with E-state index >= 15 is 0 Å². The summed E-state index contributed by atoms with van der Waals surface area (Å²) < 4.78 is 5.18. The summed E-state index contributed by atoms with van der Waals surface area (Å²) >= 11 is 0. The number of benzene rings is 1. The molecule has 1 atom stereocenters. The van der Waals surface area contributed by atoms with Crippen LogP contribution < -0.4 is 0 Å². The van der Waals surface area contributed by atoms with Crippen molar-refractivity contribution in [1.82, 2.24) is 0 Å². The first-order valence-corrected chi connectivity index (χ1v) is 4.97. The van der Waals surface area contributed by atoms with Crippen molar-refractivity contribution in [3.8, 4) is 0 Å². The van der Waals surface area contributed by atoms with E-state index < -0.39 is 0 Å². The Bertz CT molecular complexity index is 254. The van der Waals surface area contributed by atoms with E-state index in [9.17, 15) is 0 Å². The third kappa shape index (κ3) is 3.48. The highest BCUT2D eigenvalue weighted by Gasteiger charge is 2.00. The maximum Gasteiger partial charge on any atom is 0.0681 e. The molecule has 1 aromatic carbocycles. The minimum absolute atomic E-state index is 0.120. The molecule has 0 aliphatic carbocycles. The Kier molecular flexibility index (Phi) is 4.63. The molecule has 0 aromatic heterocycles. The maximum absolute atomic E-state index is 8.86. The van der Waals surface area contributed by atoms with Crippen LogP contribution in [0, 0.1) is 0 Å². The smallest absolute Gasteiger partial charge is 0.0681 e. The van der Waals surface area contributed by atoms with Crippen LogP contribution in [0.4, 0.5) is 0 Å². The summed E-state index contributed by atoms with van der Waals surface area (Å²) in [5.74, 6) is 0. The highest BCUT2D eigenvalue weighted by atomic mass is 16.5. The van der Waals surface area contributed by atoms with E-state index in [1.165, 1.54) is 5.56 Å². The first-order chi connectivity index (χ1) is 6.76. The van der Waals surface area contributed by atoms with Crippen molar-refractivity contribution >= 4 is 0 Å². The Hall–Kier alpha value is -0.860. The Morgan fingerprint density at radius 3 is 2.29 bits per heavy atom. The molecule has 78 valence electrons. The van der Waals surface area contributed by atoms with Gasteiger partial charge in [0, 0.05) is 7.11 Å². The summed E-state index contributed by atoms with van der Waals surface area (Å²) in [5, 5.41) is 8.86. The summed E-state index contributed by atoms with van der Waals surface area (Å²) in [4.78, 5) is 0. The van der Waals surface area contributed by atoms with Gasteiger partial charge in [0.2, 0.25) is 0 Å². The molecule has 0 aliphatic heterocycles. The van der Waals surface area contributed by atoms with Gasteiger partial charge in [-0.15, -0.1) is 0 Å². The zero-order valence-electron chi connectivity index (χ0n) is 8.86. The highest BCUT2D eigenvalue weighted by molar-refractivity contribution is 5.22. The SMILES string of the molecule is COC(C)CCc1ccc(CO)cc1. The van der Waals surface area contributed by atoms with Gasteiger partial charge in [0.25, 0.3) is 0 Å². The average Bonchev–Trinajstić information content (AvgIpc) is 2.26. The molecular weight excluding hydrogens is 176 g/mol. The van der Waals surface area contributed by atoms with Crippen LogP contribution in [0.25, 0.3) is 0 Å². The summed E-state index contributed by atoms with van der Waals surface area (Å²) in [6.07, 6.45) is 2.38. The predicted molar refractivity (Wildman–Crippen MR) is 57.2 cm³/mol. The lowest BCUT2D eigenvalue weighted by atomic mass is 10.1. The van der Waals surface area contributed by atoms with Crippen molar-refractivity contribution in [3.05, 3.63) is 35.4 Å². The van der Waals surface area contributed by atoms with Gasteiger partial charge >= 0.3 is 0 Å². The quantitative estimate of drug-likeness (QED) is 0.778. The molecule has 2 nitrogen and oxygen atoms in total. The van der Waals surface area contributed by atoms with Crippen LogP contribution in [-0.2, 0) is 17.8 Å². The van der Waals surface area contributed by atoms with Gasteiger partial charge in [-0.3, -0.25) is 0 Å². The number of hydrogen-bond donors (Lipinski definition) is 1. The van der Waals surface area contributed by atoms with E-state index in [0.717, 1.165) is 18.4 Å². The largest absolute Gasteiger partial charge is 0.392 e. The van der Waals surface area contributed by atoms with E-state index in [0.29, 0.717) is 6.10 Å². The van der Waals surface area contributed by atoms with Gasteiger partial charge in [-0.2, -0.15) is 0 Å². The predicted octanol–water partition coefficient (Wildman–Crippen LogP) is 2.15. The normalized spacial score (nSPS) is 12.8. The standard InChI is InChI=1S/C12H18O2/c1-10(14-2)3-4-11-5-7-12(9-13)8-6-11/h5-8,10,13H,3-4,9H2,1-2H3. The number of methoxy groups -OCH3 is 1. The molecule has 1 aromatic rings. The van der Waals surface area contributed by atoms with E-state index in [1.54, 1.807) is 7.11 Å². The van der Waals surface area contributed by atoms with E-state index in [2.05, 4.69) is 19.1 Å². The lowest BCUT2D eigenvalue weighted by Crippen LogP contribution is -2.05. The zero-order chi connectivity index (χ0) is 10.4. The first-order valence-electron chi connectivity index (χ1n) is 4.97. The number of rotatable bonds is 5. The van der Waals surface area contributed by atoms with Crippen molar-refractivity contribution in [2.75, 3.05) is 7.11 Å². The Morgan fingerprint density at radius 2 is 1.79 bits per heavy atom. The fraction of sp³-hybridized carbons (Fsp3) is 0.500. The van der Waals surface area contributed by atoms with E-state index in [-0.39, 0.29) is 6.61 Å². The van der Waals surface area contributed by atoms with Crippen molar-refractivity contribution < 1.29 is 9.84 Å². The second-order valence-corrected chi connectivity index (χ2v) is 3.56. The van der Waals surface area contributed by atoms with Crippen LogP contribution in [0.5, 0.6) is 0 Å². The van der Waals surface area contributed by atoms with Crippen LogP contribution in [0.3, 0.4) is 0 Å². The zero-order valence-corrected chi connectivity index (χ0v) is 8.86. The third-order valence-electron chi connectivity index (χ3n) is 2.45. The van der Waals surface area contributed by atoms with Crippen molar-refractivity contribution in [2.45, 2.75) is 32.5 Å². The minimum atomic E-state index is 0.120. The minimum Gasteiger partial charge on any atom is -0.392 e. The number of aliphatic hydroxyl groups excluding tert-OH is 1. The summed E-state index contributed by atoms with van der Waals surface area (Å²) in [7, 11) is 1.74. The van der Waals surface area contributed by atoms with Gasteiger partial charge in [0.05, 0.1) is 12.7 Å².